The zero-order valence-electron chi connectivity index (χ0n) is 8.65. The Kier molecular flexibility index (Phi) is 3.48. The van der Waals surface area contributed by atoms with Gasteiger partial charge in [0.2, 0.25) is 0 Å². The fourth-order valence-electron chi connectivity index (χ4n) is 1.24. The van der Waals surface area contributed by atoms with Crippen molar-refractivity contribution < 1.29 is 27.1 Å². The van der Waals surface area contributed by atoms with Gasteiger partial charge in [0, 0.05) is 6.26 Å². The Bertz CT molecular complexity index is 571. The normalized spacial score (nSPS) is 13.4. The predicted octanol–water partition coefficient (Wildman–Crippen LogP) is 0.453. The van der Waals surface area contributed by atoms with Crippen LogP contribution in [-0.2, 0) is 14.6 Å². The van der Waals surface area contributed by atoms with Crippen LogP contribution < -0.4 is 5.73 Å². The topological polar surface area (TPSA) is 97.5 Å². The summed E-state index contributed by atoms with van der Waals surface area (Å²) >= 11 is 0. The van der Waals surface area contributed by atoms with Gasteiger partial charge in [0.25, 0.3) is 0 Å². The molecule has 5 nitrogen and oxygen atoms in total. The van der Waals surface area contributed by atoms with E-state index in [1.54, 1.807) is 0 Å². The van der Waals surface area contributed by atoms with Crippen molar-refractivity contribution in [2.24, 2.45) is 5.73 Å². The maximum Gasteiger partial charge on any atom is 0.325 e. The third-order valence-electron chi connectivity index (χ3n) is 2.07. The van der Waals surface area contributed by atoms with E-state index in [0.29, 0.717) is 6.07 Å². The van der Waals surface area contributed by atoms with Gasteiger partial charge in [-0.2, -0.15) is 0 Å². The molecule has 0 aliphatic heterocycles. The summed E-state index contributed by atoms with van der Waals surface area (Å²) in [6.45, 7) is 0. The van der Waals surface area contributed by atoms with Crippen molar-refractivity contribution in [3.63, 3.8) is 0 Å². The van der Waals surface area contributed by atoms with Crippen molar-refractivity contribution in [1.82, 2.24) is 0 Å². The Labute approximate surface area is 95.8 Å². The fourth-order valence-corrected chi connectivity index (χ4v) is 2.00. The summed E-state index contributed by atoms with van der Waals surface area (Å²) in [5.74, 6) is -4.33. The Morgan fingerprint density at radius 2 is 1.94 bits per heavy atom. The standard InChI is InChI=1S/C9H9F2NO4S/c1-17(15,16)5-3-2-4(10)6(7(5)11)8(12)9(13)14/h2-3,8H,12H2,1H3,(H,13,14). The SMILES string of the molecule is CS(=O)(=O)c1ccc(F)c(C(N)C(=O)O)c1F. The number of aliphatic carboxylic acids is 1. The lowest BCUT2D eigenvalue weighted by molar-refractivity contribution is -0.138. The number of sulfone groups is 1. The van der Waals surface area contributed by atoms with Crippen LogP contribution in [0.5, 0.6) is 0 Å². The number of hydrogen-bond donors (Lipinski definition) is 2. The van der Waals surface area contributed by atoms with Gasteiger partial charge < -0.3 is 10.8 Å². The molecular formula is C9H9F2NO4S. The van der Waals surface area contributed by atoms with Crippen LogP contribution in [0.4, 0.5) is 8.78 Å². The lowest BCUT2D eigenvalue weighted by atomic mass is 10.1. The zero-order chi connectivity index (χ0) is 13.4. The molecule has 0 amide bonds. The van der Waals surface area contributed by atoms with E-state index in [0.717, 1.165) is 12.3 Å². The summed E-state index contributed by atoms with van der Waals surface area (Å²) in [4.78, 5) is 9.77. The summed E-state index contributed by atoms with van der Waals surface area (Å²) in [6.07, 6.45) is 0.722. The highest BCUT2D eigenvalue weighted by atomic mass is 32.2. The second kappa shape index (κ2) is 4.38. The van der Waals surface area contributed by atoms with Crippen molar-refractivity contribution in [3.8, 4) is 0 Å². The van der Waals surface area contributed by atoms with Crippen molar-refractivity contribution in [3.05, 3.63) is 29.3 Å². The van der Waals surface area contributed by atoms with E-state index in [4.69, 9.17) is 10.8 Å². The number of rotatable bonds is 3. The Morgan fingerprint density at radius 3 is 2.35 bits per heavy atom. The van der Waals surface area contributed by atoms with Crippen molar-refractivity contribution in [2.75, 3.05) is 6.26 Å². The molecule has 17 heavy (non-hydrogen) atoms. The summed E-state index contributed by atoms with van der Waals surface area (Å²) in [6, 6.07) is -0.577. The molecule has 0 spiro atoms. The number of halogens is 2. The van der Waals surface area contributed by atoms with E-state index < -0.39 is 43.9 Å². The van der Waals surface area contributed by atoms with Gasteiger partial charge >= 0.3 is 5.97 Å². The van der Waals surface area contributed by atoms with Gasteiger partial charge in [0.15, 0.2) is 9.84 Å². The van der Waals surface area contributed by atoms with Gasteiger partial charge in [-0.05, 0) is 12.1 Å². The first-order valence-electron chi connectivity index (χ1n) is 4.32. The third kappa shape index (κ3) is 2.59. The number of carboxylic acid groups (broad SMARTS) is 1. The average molecular weight is 265 g/mol. The lowest BCUT2D eigenvalue weighted by Gasteiger charge is -2.11. The number of carboxylic acids is 1. The molecule has 1 aromatic carbocycles. The van der Waals surface area contributed by atoms with E-state index >= 15 is 0 Å². The van der Waals surface area contributed by atoms with Crippen LogP contribution in [0.25, 0.3) is 0 Å². The van der Waals surface area contributed by atoms with E-state index in [1.807, 2.05) is 0 Å². The second-order valence-corrected chi connectivity index (χ2v) is 5.35. The van der Waals surface area contributed by atoms with E-state index in [2.05, 4.69) is 0 Å². The van der Waals surface area contributed by atoms with Crippen molar-refractivity contribution in [2.45, 2.75) is 10.9 Å². The number of benzene rings is 1. The summed E-state index contributed by atoms with van der Waals surface area (Å²) in [5, 5.41) is 8.57. The molecule has 0 aliphatic carbocycles. The highest BCUT2D eigenvalue weighted by molar-refractivity contribution is 7.90. The first kappa shape index (κ1) is 13.5. The number of carbonyl (C=O) groups is 1. The molecule has 0 saturated heterocycles. The third-order valence-corrected chi connectivity index (χ3v) is 3.18. The number of hydrogen-bond acceptors (Lipinski definition) is 4. The van der Waals surface area contributed by atoms with E-state index in [9.17, 15) is 22.0 Å². The molecular weight excluding hydrogens is 256 g/mol. The highest BCUT2D eigenvalue weighted by Gasteiger charge is 2.27. The lowest BCUT2D eigenvalue weighted by Crippen LogP contribution is -2.24. The molecule has 1 rings (SSSR count). The molecule has 1 atom stereocenters. The summed E-state index contributed by atoms with van der Waals surface area (Å²) in [5.41, 5.74) is 4.11. The molecule has 8 heteroatoms. The zero-order valence-corrected chi connectivity index (χ0v) is 9.46. The molecule has 0 aromatic heterocycles. The minimum Gasteiger partial charge on any atom is -0.480 e. The Balaban J connectivity index is 3.57. The molecule has 1 unspecified atom stereocenters. The van der Waals surface area contributed by atoms with Gasteiger partial charge in [-0.15, -0.1) is 0 Å². The maximum absolute atomic E-state index is 13.7. The molecule has 1 aromatic rings. The van der Waals surface area contributed by atoms with Gasteiger partial charge in [-0.1, -0.05) is 0 Å². The van der Waals surface area contributed by atoms with Crippen LogP contribution in [0, 0.1) is 11.6 Å². The van der Waals surface area contributed by atoms with Crippen LogP contribution in [0.2, 0.25) is 0 Å². The quantitative estimate of drug-likeness (QED) is 0.773. The molecule has 0 heterocycles. The first-order valence-corrected chi connectivity index (χ1v) is 6.21. The van der Waals surface area contributed by atoms with Gasteiger partial charge in [0.05, 0.1) is 5.56 Å². The smallest absolute Gasteiger partial charge is 0.325 e. The molecule has 0 aliphatic rings. The maximum atomic E-state index is 13.7. The summed E-state index contributed by atoms with van der Waals surface area (Å²) < 4.78 is 49.2. The van der Waals surface area contributed by atoms with Crippen LogP contribution in [0.3, 0.4) is 0 Å². The minimum atomic E-state index is -3.92. The molecule has 0 radical (unpaired) electrons. The molecule has 0 bridgehead atoms. The van der Waals surface area contributed by atoms with Crippen LogP contribution in [0.1, 0.15) is 11.6 Å². The van der Waals surface area contributed by atoms with Crippen LogP contribution in [-0.4, -0.2) is 25.7 Å². The predicted molar refractivity (Wildman–Crippen MR) is 54.0 cm³/mol. The van der Waals surface area contributed by atoms with E-state index in [1.165, 1.54) is 0 Å². The molecule has 3 N–H and O–H groups in total. The Morgan fingerprint density at radius 1 is 1.41 bits per heavy atom. The average Bonchev–Trinajstić information content (AvgIpc) is 2.14. The van der Waals surface area contributed by atoms with Crippen LogP contribution in [0.15, 0.2) is 17.0 Å². The first-order chi connectivity index (χ1) is 7.66. The second-order valence-electron chi connectivity index (χ2n) is 3.36. The summed E-state index contributed by atoms with van der Waals surface area (Å²) in [7, 11) is -3.92. The highest BCUT2D eigenvalue weighted by Crippen LogP contribution is 2.25. The minimum absolute atomic E-state index is 0.664. The van der Waals surface area contributed by atoms with Crippen LogP contribution >= 0.6 is 0 Å². The molecule has 94 valence electrons. The van der Waals surface area contributed by atoms with Crippen molar-refractivity contribution in [1.29, 1.82) is 0 Å². The largest absolute Gasteiger partial charge is 0.480 e. The van der Waals surface area contributed by atoms with Gasteiger partial charge in [0.1, 0.15) is 22.6 Å². The van der Waals surface area contributed by atoms with Gasteiger partial charge in [-0.25, -0.2) is 17.2 Å². The fraction of sp³-hybridized carbons (Fsp3) is 0.222. The van der Waals surface area contributed by atoms with Gasteiger partial charge in [-0.3, -0.25) is 4.79 Å². The molecule has 0 saturated carbocycles. The van der Waals surface area contributed by atoms with Crippen molar-refractivity contribution >= 4 is 15.8 Å². The van der Waals surface area contributed by atoms with E-state index in [-0.39, 0.29) is 0 Å². The Hall–Kier alpha value is -1.54. The number of nitrogens with two attached hydrogens (primary N) is 1. The monoisotopic (exact) mass is 265 g/mol. The molecule has 0 fully saturated rings.